The van der Waals surface area contributed by atoms with Gasteiger partial charge in [0, 0.05) is 12.4 Å². The molecule has 2 aromatic carbocycles. The number of nitrogens with zero attached hydrogens (tertiary/aromatic N) is 2. The van der Waals surface area contributed by atoms with Gasteiger partial charge in [-0.05, 0) is 18.2 Å². The predicted molar refractivity (Wildman–Crippen MR) is 85.6 cm³/mol. The van der Waals surface area contributed by atoms with Crippen LogP contribution in [0.15, 0.2) is 41.2 Å². The standard InChI is InChI=1S/C17H12F3N3O2/c1-23-17(25)10-5-3-2-4-9(10)13(22-23)8-14(24)21-12-7-6-11(18)15(19)16(12)20/h2-7H,8H2,1H3,(H,21,24). The average Bonchev–Trinajstić information content (AvgIpc) is 2.60. The molecule has 1 heterocycles. The van der Waals surface area contributed by atoms with Crippen LogP contribution in [-0.2, 0) is 18.3 Å². The van der Waals surface area contributed by atoms with Gasteiger partial charge >= 0.3 is 0 Å². The fourth-order valence-electron chi connectivity index (χ4n) is 2.48. The van der Waals surface area contributed by atoms with E-state index in [2.05, 4.69) is 10.4 Å². The first-order chi connectivity index (χ1) is 11.9. The molecule has 0 aliphatic heterocycles. The number of anilines is 1. The van der Waals surface area contributed by atoms with Gasteiger partial charge in [0.2, 0.25) is 5.91 Å². The van der Waals surface area contributed by atoms with E-state index in [1.165, 1.54) is 7.05 Å². The highest BCUT2D eigenvalue weighted by molar-refractivity contribution is 5.95. The third-order valence-electron chi connectivity index (χ3n) is 3.67. The Labute approximate surface area is 139 Å². The molecular formula is C17H12F3N3O2. The Morgan fingerprint density at radius 1 is 1.08 bits per heavy atom. The zero-order valence-electron chi connectivity index (χ0n) is 13.0. The summed E-state index contributed by atoms with van der Waals surface area (Å²) in [6, 6.07) is 8.27. The minimum atomic E-state index is -1.66. The van der Waals surface area contributed by atoms with Gasteiger partial charge in [-0.1, -0.05) is 18.2 Å². The molecule has 1 N–H and O–H groups in total. The van der Waals surface area contributed by atoms with Gasteiger partial charge < -0.3 is 5.32 Å². The molecule has 0 aliphatic carbocycles. The summed E-state index contributed by atoms with van der Waals surface area (Å²) in [6.07, 6.45) is -0.271. The van der Waals surface area contributed by atoms with Gasteiger partial charge in [0.25, 0.3) is 5.56 Å². The molecule has 3 rings (SSSR count). The number of amides is 1. The first kappa shape index (κ1) is 16.7. The Bertz CT molecular complexity index is 1050. The first-order valence-corrected chi connectivity index (χ1v) is 7.26. The highest BCUT2D eigenvalue weighted by Gasteiger charge is 2.17. The molecule has 0 saturated carbocycles. The van der Waals surface area contributed by atoms with Crippen LogP contribution in [0.3, 0.4) is 0 Å². The van der Waals surface area contributed by atoms with Crippen LogP contribution < -0.4 is 10.9 Å². The van der Waals surface area contributed by atoms with Crippen molar-refractivity contribution in [3.05, 3.63) is 69.9 Å². The van der Waals surface area contributed by atoms with Gasteiger partial charge in [-0.15, -0.1) is 0 Å². The van der Waals surface area contributed by atoms with E-state index in [9.17, 15) is 22.8 Å². The normalized spacial score (nSPS) is 10.9. The van der Waals surface area contributed by atoms with E-state index in [0.29, 0.717) is 22.5 Å². The quantitative estimate of drug-likeness (QED) is 0.741. The van der Waals surface area contributed by atoms with E-state index in [0.717, 1.165) is 10.7 Å². The number of hydrogen-bond donors (Lipinski definition) is 1. The monoisotopic (exact) mass is 347 g/mol. The fraction of sp³-hybridized carbons (Fsp3) is 0.118. The summed E-state index contributed by atoms with van der Waals surface area (Å²) in [5.41, 5.74) is -0.484. The number of carbonyl (C=O) groups is 1. The number of aromatic nitrogens is 2. The fourth-order valence-corrected chi connectivity index (χ4v) is 2.48. The summed E-state index contributed by atoms with van der Waals surface area (Å²) in [5.74, 6) is -5.17. The number of carbonyl (C=O) groups excluding carboxylic acids is 1. The Morgan fingerprint density at radius 2 is 1.76 bits per heavy atom. The second-order valence-corrected chi connectivity index (χ2v) is 5.37. The molecule has 25 heavy (non-hydrogen) atoms. The maximum atomic E-state index is 13.6. The van der Waals surface area contributed by atoms with Crippen molar-refractivity contribution in [2.75, 3.05) is 5.32 Å². The van der Waals surface area contributed by atoms with Crippen LogP contribution in [-0.4, -0.2) is 15.7 Å². The summed E-state index contributed by atoms with van der Waals surface area (Å²) in [7, 11) is 1.45. The molecule has 0 aliphatic rings. The Balaban J connectivity index is 1.92. The highest BCUT2D eigenvalue weighted by atomic mass is 19.2. The van der Waals surface area contributed by atoms with Crippen LogP contribution in [0, 0.1) is 17.5 Å². The van der Waals surface area contributed by atoms with Crippen LogP contribution in [0.25, 0.3) is 10.8 Å². The molecule has 0 radical (unpaired) electrons. The molecule has 1 aromatic heterocycles. The lowest BCUT2D eigenvalue weighted by Gasteiger charge is -2.09. The van der Waals surface area contributed by atoms with Gasteiger partial charge in [0.15, 0.2) is 17.5 Å². The topological polar surface area (TPSA) is 64.0 Å². The molecule has 0 atom stereocenters. The molecule has 1 amide bonds. The Kier molecular flexibility index (Phi) is 4.26. The zero-order chi connectivity index (χ0) is 18.1. The van der Waals surface area contributed by atoms with Gasteiger partial charge in [0.1, 0.15) is 0 Å². The van der Waals surface area contributed by atoms with Crippen molar-refractivity contribution in [2.45, 2.75) is 6.42 Å². The molecule has 0 saturated heterocycles. The maximum absolute atomic E-state index is 13.6. The number of nitrogens with one attached hydrogen (secondary N) is 1. The summed E-state index contributed by atoms with van der Waals surface area (Å²) in [4.78, 5) is 24.2. The van der Waals surface area contributed by atoms with Crippen molar-refractivity contribution in [2.24, 2.45) is 7.05 Å². The lowest BCUT2D eigenvalue weighted by atomic mass is 10.1. The van der Waals surface area contributed by atoms with Crippen molar-refractivity contribution >= 4 is 22.4 Å². The summed E-state index contributed by atoms with van der Waals surface area (Å²) in [5, 5.41) is 7.11. The third-order valence-corrected chi connectivity index (χ3v) is 3.67. The second kappa shape index (κ2) is 6.39. The number of aryl methyl sites for hydroxylation is 1. The van der Waals surface area contributed by atoms with Crippen LogP contribution >= 0.6 is 0 Å². The van der Waals surface area contributed by atoms with E-state index in [1.807, 2.05) is 0 Å². The zero-order valence-corrected chi connectivity index (χ0v) is 13.0. The second-order valence-electron chi connectivity index (χ2n) is 5.37. The van der Waals surface area contributed by atoms with Crippen LogP contribution in [0.5, 0.6) is 0 Å². The largest absolute Gasteiger partial charge is 0.323 e. The van der Waals surface area contributed by atoms with E-state index >= 15 is 0 Å². The van der Waals surface area contributed by atoms with Gasteiger partial charge in [-0.3, -0.25) is 9.59 Å². The van der Waals surface area contributed by atoms with Gasteiger partial charge in [0.05, 0.1) is 23.2 Å². The summed E-state index contributed by atoms with van der Waals surface area (Å²) >= 11 is 0. The van der Waals surface area contributed by atoms with Crippen molar-refractivity contribution in [1.82, 2.24) is 9.78 Å². The van der Waals surface area contributed by atoms with Crippen molar-refractivity contribution in [3.63, 3.8) is 0 Å². The number of fused-ring (bicyclic) bond motifs is 1. The highest BCUT2D eigenvalue weighted by Crippen LogP contribution is 2.20. The number of rotatable bonds is 3. The number of hydrogen-bond acceptors (Lipinski definition) is 3. The number of halogens is 3. The SMILES string of the molecule is Cn1nc(CC(=O)Nc2ccc(F)c(F)c2F)c2ccccc2c1=O. The van der Waals surface area contributed by atoms with E-state index in [1.54, 1.807) is 24.3 Å². The molecule has 0 spiro atoms. The molecular weight excluding hydrogens is 335 g/mol. The minimum absolute atomic E-state index is 0.271. The molecule has 0 unspecified atom stereocenters. The van der Waals surface area contributed by atoms with Crippen molar-refractivity contribution < 1.29 is 18.0 Å². The van der Waals surface area contributed by atoms with Gasteiger partial charge in [-0.2, -0.15) is 5.10 Å². The molecule has 0 fully saturated rings. The molecule has 0 bridgehead atoms. The van der Waals surface area contributed by atoms with Crippen LogP contribution in [0.1, 0.15) is 5.69 Å². The van der Waals surface area contributed by atoms with Gasteiger partial charge in [-0.25, -0.2) is 17.9 Å². The first-order valence-electron chi connectivity index (χ1n) is 7.26. The van der Waals surface area contributed by atoms with E-state index in [4.69, 9.17) is 0 Å². The third kappa shape index (κ3) is 3.10. The molecule has 8 heteroatoms. The smallest absolute Gasteiger partial charge is 0.274 e. The van der Waals surface area contributed by atoms with Crippen LogP contribution in [0.4, 0.5) is 18.9 Å². The van der Waals surface area contributed by atoms with Crippen molar-refractivity contribution in [3.8, 4) is 0 Å². The molecule has 3 aromatic rings. The summed E-state index contributed by atoms with van der Waals surface area (Å²) in [6.45, 7) is 0. The van der Waals surface area contributed by atoms with Crippen molar-refractivity contribution in [1.29, 1.82) is 0 Å². The number of benzene rings is 2. The lowest BCUT2D eigenvalue weighted by molar-refractivity contribution is -0.115. The predicted octanol–water partition coefficient (Wildman–Crippen LogP) is 2.53. The Hall–Kier alpha value is -3.16. The summed E-state index contributed by atoms with van der Waals surface area (Å²) < 4.78 is 40.9. The molecule has 128 valence electrons. The Morgan fingerprint density at radius 3 is 2.48 bits per heavy atom. The average molecular weight is 347 g/mol. The van der Waals surface area contributed by atoms with E-state index < -0.39 is 29.0 Å². The molecule has 5 nitrogen and oxygen atoms in total. The minimum Gasteiger partial charge on any atom is -0.323 e. The van der Waals surface area contributed by atoms with Crippen LogP contribution in [0.2, 0.25) is 0 Å². The lowest BCUT2D eigenvalue weighted by Crippen LogP contribution is -2.24. The van der Waals surface area contributed by atoms with E-state index in [-0.39, 0.29) is 12.0 Å². The maximum Gasteiger partial charge on any atom is 0.274 e.